The fourth-order valence-corrected chi connectivity index (χ4v) is 2.52. The van der Waals surface area contributed by atoms with Gasteiger partial charge >= 0.3 is 0 Å². The molecule has 0 spiro atoms. The number of nitrogens with zero attached hydrogens (tertiary/aromatic N) is 2. The molecule has 4 N–H and O–H groups in total. The summed E-state index contributed by atoms with van der Waals surface area (Å²) in [5.41, 5.74) is 0.226. The van der Waals surface area contributed by atoms with Gasteiger partial charge in [0.2, 0.25) is 5.75 Å². The number of carbonyl (C=O) groups excluding carboxylic acids is 1. The number of aliphatic hydroxyl groups is 1. The van der Waals surface area contributed by atoms with Crippen LogP contribution in [0.2, 0.25) is 0 Å². The van der Waals surface area contributed by atoms with E-state index in [9.17, 15) is 20.1 Å². The molecule has 0 bridgehead atoms. The molecule has 2 aromatic rings. The lowest BCUT2D eigenvalue weighted by Crippen LogP contribution is -2.25. The highest BCUT2D eigenvalue weighted by molar-refractivity contribution is 5.95. The van der Waals surface area contributed by atoms with E-state index in [1.807, 2.05) is 6.92 Å². The van der Waals surface area contributed by atoms with Gasteiger partial charge in [0.25, 0.3) is 11.8 Å². The Balaban J connectivity index is 2.24. The van der Waals surface area contributed by atoms with Gasteiger partial charge in [-0.2, -0.15) is 4.98 Å². The SMILES string of the molecule is CCCC(O)c1nc(O)c(O)c(C(=O)NCc2cccc(OC)c2OC)n1. The van der Waals surface area contributed by atoms with Crippen molar-refractivity contribution in [1.82, 2.24) is 15.3 Å². The number of aromatic hydroxyl groups is 2. The molecule has 0 aliphatic heterocycles. The standard InChI is InChI=1S/C18H23N3O6/c1-4-6-11(22)16-20-13(14(23)18(25)21-16)17(24)19-9-10-7-5-8-12(26-2)15(10)27-3/h5,7-8,11,22-23H,4,6,9H2,1-3H3,(H,19,24)(H,20,21,25). The highest BCUT2D eigenvalue weighted by atomic mass is 16.5. The van der Waals surface area contributed by atoms with Gasteiger partial charge in [0.05, 0.1) is 14.2 Å². The maximum absolute atomic E-state index is 12.5. The molecule has 9 nitrogen and oxygen atoms in total. The summed E-state index contributed by atoms with van der Waals surface area (Å²) in [5, 5.41) is 32.3. The number of nitrogens with one attached hydrogen (secondary N) is 1. The number of carbonyl (C=O) groups is 1. The van der Waals surface area contributed by atoms with Crippen LogP contribution in [0.1, 0.15) is 47.7 Å². The summed E-state index contributed by atoms with van der Waals surface area (Å²) in [6.07, 6.45) is -0.0400. The van der Waals surface area contributed by atoms with Gasteiger partial charge in [-0.05, 0) is 12.5 Å². The Bertz CT molecular complexity index is 812. The van der Waals surface area contributed by atoms with E-state index in [0.29, 0.717) is 29.9 Å². The van der Waals surface area contributed by atoms with E-state index < -0.39 is 29.3 Å². The van der Waals surface area contributed by atoms with Crippen molar-refractivity contribution >= 4 is 5.91 Å². The Morgan fingerprint density at radius 1 is 1.22 bits per heavy atom. The second-order valence-corrected chi connectivity index (χ2v) is 5.74. The molecule has 0 aliphatic carbocycles. The second-order valence-electron chi connectivity index (χ2n) is 5.74. The van der Waals surface area contributed by atoms with Crippen LogP contribution in [0, 0.1) is 0 Å². The molecule has 1 aromatic carbocycles. The molecule has 1 amide bonds. The fraction of sp³-hybridized carbons (Fsp3) is 0.389. The number of aromatic nitrogens is 2. The smallest absolute Gasteiger partial charge is 0.274 e. The maximum Gasteiger partial charge on any atom is 0.274 e. The predicted octanol–water partition coefficient (Wildman–Crippen LogP) is 1.67. The van der Waals surface area contributed by atoms with Crippen LogP contribution in [0.5, 0.6) is 23.1 Å². The molecular weight excluding hydrogens is 354 g/mol. The van der Waals surface area contributed by atoms with Crippen LogP contribution < -0.4 is 14.8 Å². The number of rotatable bonds is 8. The predicted molar refractivity (Wildman–Crippen MR) is 95.9 cm³/mol. The summed E-state index contributed by atoms with van der Waals surface area (Å²) >= 11 is 0. The zero-order valence-electron chi connectivity index (χ0n) is 15.4. The van der Waals surface area contributed by atoms with Gasteiger partial charge in [-0.25, -0.2) is 4.98 Å². The minimum atomic E-state index is -1.05. The van der Waals surface area contributed by atoms with Crippen LogP contribution in [0.25, 0.3) is 0 Å². The summed E-state index contributed by atoms with van der Waals surface area (Å²) in [4.78, 5) is 20.0. The van der Waals surface area contributed by atoms with Crippen LogP contribution >= 0.6 is 0 Å². The van der Waals surface area contributed by atoms with Gasteiger partial charge in [-0.15, -0.1) is 0 Å². The van der Waals surface area contributed by atoms with E-state index in [4.69, 9.17) is 9.47 Å². The van der Waals surface area contributed by atoms with Crippen molar-refractivity contribution in [2.45, 2.75) is 32.4 Å². The molecule has 0 aliphatic rings. The molecule has 1 atom stereocenters. The molecule has 0 radical (unpaired) electrons. The number of aliphatic hydroxyl groups excluding tert-OH is 1. The van der Waals surface area contributed by atoms with Crippen LogP contribution in [0.3, 0.4) is 0 Å². The Labute approximate surface area is 156 Å². The summed E-state index contributed by atoms with van der Waals surface area (Å²) < 4.78 is 10.5. The number of hydrogen-bond acceptors (Lipinski definition) is 8. The normalized spacial score (nSPS) is 11.7. The van der Waals surface area contributed by atoms with E-state index in [2.05, 4.69) is 15.3 Å². The molecule has 27 heavy (non-hydrogen) atoms. The van der Waals surface area contributed by atoms with Crippen LogP contribution in [0.15, 0.2) is 18.2 Å². The molecule has 0 saturated carbocycles. The van der Waals surface area contributed by atoms with Crippen molar-refractivity contribution in [1.29, 1.82) is 0 Å². The Morgan fingerprint density at radius 2 is 1.96 bits per heavy atom. The lowest BCUT2D eigenvalue weighted by molar-refractivity contribution is 0.0938. The highest BCUT2D eigenvalue weighted by Crippen LogP contribution is 2.31. The topological polar surface area (TPSA) is 134 Å². The third-order valence-corrected chi connectivity index (χ3v) is 3.88. The van der Waals surface area contributed by atoms with Crippen molar-refractivity contribution in [3.8, 4) is 23.1 Å². The number of ether oxygens (including phenoxy) is 2. The minimum absolute atomic E-state index is 0.0657. The van der Waals surface area contributed by atoms with E-state index in [-0.39, 0.29) is 12.4 Å². The molecule has 1 aromatic heterocycles. The van der Waals surface area contributed by atoms with Gasteiger partial charge in [0.15, 0.2) is 23.0 Å². The number of amides is 1. The summed E-state index contributed by atoms with van der Waals surface area (Å²) in [6.45, 7) is 1.93. The molecule has 2 rings (SSSR count). The Kier molecular flexibility index (Phi) is 6.78. The van der Waals surface area contributed by atoms with Gasteiger partial charge in [-0.3, -0.25) is 4.79 Å². The largest absolute Gasteiger partial charge is 0.501 e. The first-order valence-corrected chi connectivity index (χ1v) is 8.38. The first-order chi connectivity index (χ1) is 12.9. The summed E-state index contributed by atoms with van der Waals surface area (Å²) in [5.74, 6) is -1.40. The molecule has 1 unspecified atom stereocenters. The minimum Gasteiger partial charge on any atom is -0.501 e. The lowest BCUT2D eigenvalue weighted by Gasteiger charge is -2.14. The molecule has 9 heteroatoms. The number of hydrogen-bond donors (Lipinski definition) is 4. The van der Waals surface area contributed by atoms with E-state index in [1.54, 1.807) is 18.2 Å². The van der Waals surface area contributed by atoms with Gasteiger partial charge < -0.3 is 30.1 Å². The molecule has 0 fully saturated rings. The van der Waals surface area contributed by atoms with Crippen molar-refractivity contribution in [3.63, 3.8) is 0 Å². The van der Waals surface area contributed by atoms with Crippen molar-refractivity contribution in [2.75, 3.05) is 14.2 Å². The van der Waals surface area contributed by atoms with E-state index >= 15 is 0 Å². The zero-order chi connectivity index (χ0) is 20.0. The number of benzene rings is 1. The van der Waals surface area contributed by atoms with Crippen LogP contribution in [0.4, 0.5) is 0 Å². The number of methoxy groups -OCH3 is 2. The fourth-order valence-electron chi connectivity index (χ4n) is 2.52. The highest BCUT2D eigenvalue weighted by Gasteiger charge is 2.22. The summed E-state index contributed by atoms with van der Waals surface area (Å²) in [7, 11) is 2.99. The van der Waals surface area contributed by atoms with E-state index in [0.717, 1.165) is 0 Å². The second kappa shape index (κ2) is 9.04. The average Bonchev–Trinajstić information content (AvgIpc) is 2.67. The third kappa shape index (κ3) is 4.56. The zero-order valence-corrected chi connectivity index (χ0v) is 15.4. The van der Waals surface area contributed by atoms with Crippen molar-refractivity contribution in [2.24, 2.45) is 0 Å². The molecule has 1 heterocycles. The maximum atomic E-state index is 12.5. The molecule has 146 valence electrons. The first-order valence-electron chi connectivity index (χ1n) is 8.38. The van der Waals surface area contributed by atoms with Crippen LogP contribution in [-0.4, -0.2) is 45.4 Å². The van der Waals surface area contributed by atoms with Crippen LogP contribution in [-0.2, 0) is 6.54 Å². The number of para-hydroxylation sites is 1. The first kappa shape index (κ1) is 20.2. The lowest BCUT2D eigenvalue weighted by atomic mass is 10.1. The van der Waals surface area contributed by atoms with Gasteiger partial charge in [-0.1, -0.05) is 25.5 Å². The Hall–Kier alpha value is -3.07. The van der Waals surface area contributed by atoms with E-state index in [1.165, 1.54) is 14.2 Å². The quantitative estimate of drug-likeness (QED) is 0.546. The molecule has 0 saturated heterocycles. The molecular formula is C18H23N3O6. The average molecular weight is 377 g/mol. The van der Waals surface area contributed by atoms with Crippen molar-refractivity contribution < 1.29 is 29.6 Å². The van der Waals surface area contributed by atoms with Crippen molar-refractivity contribution in [3.05, 3.63) is 35.3 Å². The monoisotopic (exact) mass is 377 g/mol. The third-order valence-electron chi connectivity index (χ3n) is 3.88. The van der Waals surface area contributed by atoms with Gasteiger partial charge in [0, 0.05) is 12.1 Å². The Morgan fingerprint density at radius 3 is 2.59 bits per heavy atom. The summed E-state index contributed by atoms with van der Waals surface area (Å²) in [6, 6.07) is 5.21. The van der Waals surface area contributed by atoms with Gasteiger partial charge in [0.1, 0.15) is 6.10 Å².